The van der Waals surface area contributed by atoms with Crippen molar-refractivity contribution in [3.8, 4) is 0 Å². The van der Waals surface area contributed by atoms with Gasteiger partial charge in [-0.25, -0.2) is 0 Å². The Morgan fingerprint density at radius 2 is 2.00 bits per heavy atom. The Balaban J connectivity index is 1.46. The number of ether oxygens (including phenoxy) is 1. The summed E-state index contributed by atoms with van der Waals surface area (Å²) in [4.78, 5) is 14.8. The molecule has 1 heterocycles. The van der Waals surface area contributed by atoms with Crippen molar-refractivity contribution in [2.45, 2.75) is 65.7 Å². The fourth-order valence-electron chi connectivity index (χ4n) is 7.41. The number of rotatable bonds is 5. The highest BCUT2D eigenvalue weighted by molar-refractivity contribution is 5.71. The summed E-state index contributed by atoms with van der Waals surface area (Å²) in [5, 5.41) is 3.34. The van der Waals surface area contributed by atoms with E-state index in [2.05, 4.69) is 49.7 Å². The molecule has 0 bridgehead atoms. The Morgan fingerprint density at radius 3 is 2.73 bits per heavy atom. The van der Waals surface area contributed by atoms with Gasteiger partial charge in [0.2, 0.25) is 0 Å². The summed E-state index contributed by atoms with van der Waals surface area (Å²) in [5.74, 6) is 1.19. The molecule has 3 fully saturated rings. The van der Waals surface area contributed by atoms with E-state index >= 15 is 0 Å². The van der Waals surface area contributed by atoms with E-state index in [1.165, 1.54) is 44.9 Å². The van der Waals surface area contributed by atoms with Gasteiger partial charge < -0.3 is 10.1 Å². The average molecular weight is 415 g/mol. The van der Waals surface area contributed by atoms with Gasteiger partial charge in [0.25, 0.3) is 0 Å². The SMILES string of the molecule is C=C[C@@]1(C)CCC=C2C1CCC1C(C)(COC(=O)CN3CCNCC3)CCC[C@@]21C. The molecule has 4 nitrogen and oxygen atoms in total. The van der Waals surface area contributed by atoms with E-state index in [0.29, 0.717) is 25.0 Å². The van der Waals surface area contributed by atoms with Crippen molar-refractivity contribution in [2.75, 3.05) is 39.3 Å². The lowest BCUT2D eigenvalue weighted by molar-refractivity contribution is -0.154. The molecule has 30 heavy (non-hydrogen) atoms. The smallest absolute Gasteiger partial charge is 0.320 e. The van der Waals surface area contributed by atoms with Gasteiger partial charge in [-0.15, -0.1) is 6.58 Å². The third-order valence-corrected chi connectivity index (χ3v) is 9.27. The van der Waals surface area contributed by atoms with Crippen LogP contribution in [0.25, 0.3) is 0 Å². The number of nitrogens with zero attached hydrogens (tertiary/aromatic N) is 1. The molecule has 2 saturated carbocycles. The third kappa shape index (κ3) is 3.90. The van der Waals surface area contributed by atoms with E-state index in [0.717, 1.165) is 26.2 Å². The number of fused-ring (bicyclic) bond motifs is 3. The second kappa shape index (κ2) is 8.43. The van der Waals surface area contributed by atoms with Crippen LogP contribution in [0.4, 0.5) is 0 Å². The van der Waals surface area contributed by atoms with Gasteiger partial charge in [0.05, 0.1) is 13.2 Å². The number of carbonyl (C=O) groups excluding carboxylic acids is 1. The largest absolute Gasteiger partial charge is 0.464 e. The van der Waals surface area contributed by atoms with Gasteiger partial charge in [-0.05, 0) is 61.2 Å². The van der Waals surface area contributed by atoms with Crippen molar-refractivity contribution in [3.05, 3.63) is 24.3 Å². The molecule has 1 N–H and O–H groups in total. The number of esters is 1. The highest BCUT2D eigenvalue weighted by Gasteiger charge is 2.56. The first-order valence-electron chi connectivity index (χ1n) is 12.2. The van der Waals surface area contributed by atoms with Crippen LogP contribution in [0, 0.1) is 28.1 Å². The predicted octanol–water partition coefficient (Wildman–Crippen LogP) is 4.57. The van der Waals surface area contributed by atoms with Crippen molar-refractivity contribution in [1.82, 2.24) is 10.2 Å². The zero-order chi connectivity index (χ0) is 21.4. The van der Waals surface area contributed by atoms with Gasteiger partial charge in [-0.1, -0.05) is 44.9 Å². The maximum atomic E-state index is 12.6. The number of nitrogens with one attached hydrogen (secondary N) is 1. The van der Waals surface area contributed by atoms with Crippen molar-refractivity contribution in [1.29, 1.82) is 0 Å². The molecule has 0 amide bonds. The van der Waals surface area contributed by atoms with Crippen LogP contribution >= 0.6 is 0 Å². The lowest BCUT2D eigenvalue weighted by Gasteiger charge is -2.60. The Hall–Kier alpha value is -1.13. The van der Waals surface area contributed by atoms with E-state index in [4.69, 9.17) is 4.74 Å². The average Bonchev–Trinajstić information content (AvgIpc) is 2.74. The van der Waals surface area contributed by atoms with Crippen molar-refractivity contribution < 1.29 is 9.53 Å². The number of piperazine rings is 1. The maximum Gasteiger partial charge on any atom is 0.320 e. The Kier molecular flexibility index (Phi) is 6.20. The molecule has 0 aromatic heterocycles. The van der Waals surface area contributed by atoms with Crippen LogP contribution in [-0.2, 0) is 9.53 Å². The first kappa shape index (κ1) is 22.1. The van der Waals surface area contributed by atoms with E-state index < -0.39 is 0 Å². The summed E-state index contributed by atoms with van der Waals surface area (Å²) in [6, 6.07) is 0. The molecule has 3 aliphatic carbocycles. The van der Waals surface area contributed by atoms with Crippen LogP contribution in [0.15, 0.2) is 24.3 Å². The second-order valence-electron chi connectivity index (χ2n) is 11.2. The van der Waals surface area contributed by atoms with Crippen molar-refractivity contribution in [3.63, 3.8) is 0 Å². The van der Waals surface area contributed by atoms with Crippen LogP contribution in [0.3, 0.4) is 0 Å². The zero-order valence-electron chi connectivity index (χ0n) is 19.5. The number of allylic oxidation sites excluding steroid dienone is 3. The molecule has 4 heteroatoms. The quantitative estimate of drug-likeness (QED) is 0.528. The van der Waals surface area contributed by atoms with E-state index in [-0.39, 0.29) is 22.2 Å². The second-order valence-corrected chi connectivity index (χ2v) is 11.2. The minimum Gasteiger partial charge on any atom is -0.464 e. The van der Waals surface area contributed by atoms with E-state index in [1.54, 1.807) is 5.57 Å². The summed E-state index contributed by atoms with van der Waals surface area (Å²) in [7, 11) is 0. The van der Waals surface area contributed by atoms with Crippen LogP contribution in [-0.4, -0.2) is 50.2 Å². The standard InChI is InChI=1S/C26H42N2O2/c1-5-24(2)11-6-8-21-20(24)9-10-22-25(3,12-7-13-26(21,22)4)19-30-23(29)18-28-16-14-27-15-17-28/h5,8,20,22,27H,1,6-7,9-19H2,2-4H3/t20?,22?,24-,25?,26-/m0/s1. The minimum atomic E-state index is -0.0461. The normalized spacial score (nSPS) is 41.9. The molecule has 0 aromatic rings. The molecule has 0 radical (unpaired) electrons. The van der Waals surface area contributed by atoms with Crippen molar-refractivity contribution in [2.24, 2.45) is 28.1 Å². The highest BCUT2D eigenvalue weighted by atomic mass is 16.5. The Labute approximate surface area is 183 Å². The van der Waals surface area contributed by atoms with Gasteiger partial charge in [0.1, 0.15) is 0 Å². The monoisotopic (exact) mass is 414 g/mol. The van der Waals surface area contributed by atoms with Gasteiger partial charge >= 0.3 is 5.97 Å². The van der Waals surface area contributed by atoms with Gasteiger partial charge in [0.15, 0.2) is 0 Å². The summed E-state index contributed by atoms with van der Waals surface area (Å²) in [6.45, 7) is 16.3. The molecule has 4 aliphatic rings. The number of carbonyl (C=O) groups is 1. The first-order valence-corrected chi connectivity index (χ1v) is 12.2. The molecular weight excluding hydrogens is 372 g/mol. The minimum absolute atomic E-state index is 0.0461. The summed E-state index contributed by atoms with van der Waals surface area (Å²) < 4.78 is 5.94. The molecule has 0 aromatic carbocycles. The molecule has 4 rings (SSSR count). The van der Waals surface area contributed by atoms with Crippen LogP contribution in [0.2, 0.25) is 0 Å². The topological polar surface area (TPSA) is 41.6 Å². The van der Waals surface area contributed by atoms with Crippen LogP contribution < -0.4 is 5.32 Å². The van der Waals surface area contributed by atoms with Gasteiger partial charge in [0, 0.05) is 31.6 Å². The van der Waals surface area contributed by atoms with Gasteiger partial charge in [-0.2, -0.15) is 0 Å². The molecule has 1 aliphatic heterocycles. The molecule has 168 valence electrons. The predicted molar refractivity (Wildman–Crippen MR) is 122 cm³/mol. The fourth-order valence-corrected chi connectivity index (χ4v) is 7.41. The molecule has 3 unspecified atom stereocenters. The zero-order valence-corrected chi connectivity index (χ0v) is 19.5. The third-order valence-electron chi connectivity index (χ3n) is 9.27. The van der Waals surface area contributed by atoms with Crippen molar-refractivity contribution >= 4 is 5.97 Å². The summed E-state index contributed by atoms with van der Waals surface area (Å²) in [6.07, 6.45) is 13.4. The lowest BCUT2D eigenvalue weighted by atomic mass is 9.44. The molecule has 5 atom stereocenters. The first-order chi connectivity index (χ1) is 14.3. The van der Waals surface area contributed by atoms with Crippen LogP contribution in [0.1, 0.15) is 65.7 Å². The summed E-state index contributed by atoms with van der Waals surface area (Å²) in [5.41, 5.74) is 2.26. The Morgan fingerprint density at radius 1 is 1.23 bits per heavy atom. The molecule has 0 spiro atoms. The molecular formula is C26H42N2O2. The summed E-state index contributed by atoms with van der Waals surface area (Å²) >= 11 is 0. The van der Waals surface area contributed by atoms with Crippen LogP contribution in [0.5, 0.6) is 0 Å². The highest BCUT2D eigenvalue weighted by Crippen LogP contribution is 2.65. The fraction of sp³-hybridized carbons (Fsp3) is 0.808. The van der Waals surface area contributed by atoms with Gasteiger partial charge in [-0.3, -0.25) is 9.69 Å². The van der Waals surface area contributed by atoms with E-state index in [1.807, 2.05) is 0 Å². The number of hydrogen-bond acceptors (Lipinski definition) is 4. The van der Waals surface area contributed by atoms with E-state index in [9.17, 15) is 4.79 Å². The molecule has 1 saturated heterocycles. The number of hydrogen-bond donors (Lipinski definition) is 1. The lowest BCUT2D eigenvalue weighted by Crippen LogP contribution is -2.53. The Bertz CT molecular complexity index is 697. The maximum absolute atomic E-state index is 12.6.